The van der Waals surface area contributed by atoms with Gasteiger partial charge in [-0.1, -0.05) is 25.1 Å². The smallest absolute Gasteiger partial charge is 0.222 e. The largest absolute Gasteiger partial charge is 0.472 e. The predicted octanol–water partition coefficient (Wildman–Crippen LogP) is 3.50. The summed E-state index contributed by atoms with van der Waals surface area (Å²) in [5, 5.41) is 3.20. The fraction of sp³-hybridized carbons (Fsp3) is 0.375. The first-order chi connectivity index (χ1) is 10.2. The molecular formula is C16H20FN3O. The van der Waals surface area contributed by atoms with Gasteiger partial charge in [-0.3, -0.25) is 0 Å². The Morgan fingerprint density at radius 1 is 1.19 bits per heavy atom. The summed E-state index contributed by atoms with van der Waals surface area (Å²) in [4.78, 5) is 8.82. The van der Waals surface area contributed by atoms with Crippen LogP contribution in [-0.4, -0.2) is 16.5 Å². The number of benzene rings is 1. The van der Waals surface area contributed by atoms with E-state index in [4.69, 9.17) is 4.74 Å². The molecule has 1 aromatic heterocycles. The Kier molecular flexibility index (Phi) is 5.09. The van der Waals surface area contributed by atoms with Crippen LogP contribution in [0.25, 0.3) is 0 Å². The van der Waals surface area contributed by atoms with Crippen molar-refractivity contribution in [3.8, 4) is 5.88 Å². The van der Waals surface area contributed by atoms with Gasteiger partial charge in [0.25, 0.3) is 0 Å². The number of halogens is 1. The number of aromatic nitrogens is 2. The Labute approximate surface area is 124 Å². The zero-order valence-corrected chi connectivity index (χ0v) is 12.6. The molecule has 0 saturated carbocycles. The maximum absolute atomic E-state index is 13.6. The zero-order valence-electron chi connectivity index (χ0n) is 12.6. The minimum Gasteiger partial charge on any atom is -0.472 e. The molecule has 21 heavy (non-hydrogen) atoms. The van der Waals surface area contributed by atoms with Crippen LogP contribution in [0.3, 0.4) is 0 Å². The van der Waals surface area contributed by atoms with E-state index in [1.54, 1.807) is 18.2 Å². The lowest BCUT2D eigenvalue weighted by Gasteiger charge is -2.13. The molecule has 1 aromatic carbocycles. The number of rotatable bonds is 6. The van der Waals surface area contributed by atoms with Crippen LogP contribution in [0.5, 0.6) is 5.88 Å². The monoisotopic (exact) mass is 289 g/mol. The van der Waals surface area contributed by atoms with Crippen molar-refractivity contribution in [2.24, 2.45) is 0 Å². The van der Waals surface area contributed by atoms with Gasteiger partial charge in [0.1, 0.15) is 24.1 Å². The number of hydrogen-bond donors (Lipinski definition) is 1. The first-order valence-corrected chi connectivity index (χ1v) is 7.13. The molecule has 0 fully saturated rings. The Balaban J connectivity index is 2.22. The normalized spacial score (nSPS) is 10.5. The van der Waals surface area contributed by atoms with Crippen LogP contribution in [0.1, 0.15) is 30.8 Å². The Bertz CT molecular complexity index is 616. The van der Waals surface area contributed by atoms with Gasteiger partial charge in [0, 0.05) is 18.5 Å². The van der Waals surface area contributed by atoms with Gasteiger partial charge in [-0.15, -0.1) is 0 Å². The minimum absolute atomic E-state index is 0.152. The third kappa shape index (κ3) is 3.68. The Morgan fingerprint density at radius 3 is 2.62 bits per heavy atom. The van der Waals surface area contributed by atoms with E-state index in [-0.39, 0.29) is 12.4 Å². The molecule has 0 atom stereocenters. The fourth-order valence-electron chi connectivity index (χ4n) is 1.94. The summed E-state index contributed by atoms with van der Waals surface area (Å²) < 4.78 is 19.3. The summed E-state index contributed by atoms with van der Waals surface area (Å²) in [5.74, 6) is 1.71. The molecule has 2 aromatic rings. The van der Waals surface area contributed by atoms with Crippen LogP contribution in [0, 0.1) is 12.7 Å². The van der Waals surface area contributed by atoms with Gasteiger partial charge in [0.15, 0.2) is 0 Å². The highest BCUT2D eigenvalue weighted by Crippen LogP contribution is 2.23. The molecule has 0 aliphatic heterocycles. The molecule has 4 nitrogen and oxygen atoms in total. The van der Waals surface area contributed by atoms with E-state index in [0.29, 0.717) is 23.7 Å². The fourth-order valence-corrected chi connectivity index (χ4v) is 1.94. The molecule has 0 bridgehead atoms. The van der Waals surface area contributed by atoms with Crippen molar-refractivity contribution < 1.29 is 9.13 Å². The van der Waals surface area contributed by atoms with Gasteiger partial charge < -0.3 is 10.1 Å². The molecule has 5 heteroatoms. The third-order valence-electron chi connectivity index (χ3n) is 3.13. The third-order valence-corrected chi connectivity index (χ3v) is 3.13. The second-order valence-electron chi connectivity index (χ2n) is 4.68. The first kappa shape index (κ1) is 15.2. The SMILES string of the molecule is CCNc1nc(CC)nc(OCc2ccccc2F)c1C. The van der Waals surface area contributed by atoms with Crippen LogP contribution >= 0.6 is 0 Å². The second-order valence-corrected chi connectivity index (χ2v) is 4.68. The topological polar surface area (TPSA) is 47.0 Å². The van der Waals surface area contributed by atoms with E-state index in [1.165, 1.54) is 6.07 Å². The van der Waals surface area contributed by atoms with E-state index >= 15 is 0 Å². The Hall–Kier alpha value is -2.17. The molecule has 1 N–H and O–H groups in total. The standard InChI is InChI=1S/C16H20FN3O/c1-4-14-19-15(18-5-2)11(3)16(20-14)21-10-12-8-6-7-9-13(12)17/h6-9H,4-5,10H2,1-3H3,(H,18,19,20). The molecule has 0 unspecified atom stereocenters. The van der Waals surface area contributed by atoms with Gasteiger partial charge in [0.2, 0.25) is 5.88 Å². The summed E-state index contributed by atoms with van der Waals surface area (Å²) >= 11 is 0. The molecule has 0 amide bonds. The van der Waals surface area contributed by atoms with Crippen LogP contribution in [-0.2, 0) is 13.0 Å². The van der Waals surface area contributed by atoms with Crippen molar-refractivity contribution >= 4 is 5.82 Å². The molecule has 0 saturated heterocycles. The highest BCUT2D eigenvalue weighted by atomic mass is 19.1. The van der Waals surface area contributed by atoms with E-state index < -0.39 is 0 Å². The van der Waals surface area contributed by atoms with Crippen molar-refractivity contribution in [1.29, 1.82) is 0 Å². The lowest BCUT2D eigenvalue weighted by Crippen LogP contribution is -2.09. The van der Waals surface area contributed by atoms with Crippen LogP contribution in [0.4, 0.5) is 10.2 Å². The van der Waals surface area contributed by atoms with E-state index in [9.17, 15) is 4.39 Å². The minimum atomic E-state index is -0.271. The summed E-state index contributed by atoms with van der Waals surface area (Å²) in [6, 6.07) is 6.58. The Morgan fingerprint density at radius 2 is 1.95 bits per heavy atom. The van der Waals surface area contributed by atoms with Gasteiger partial charge in [-0.2, -0.15) is 4.98 Å². The van der Waals surface area contributed by atoms with Gasteiger partial charge in [-0.05, 0) is 19.9 Å². The summed E-state index contributed by atoms with van der Waals surface area (Å²) in [7, 11) is 0. The summed E-state index contributed by atoms with van der Waals surface area (Å²) in [6.45, 7) is 6.81. The van der Waals surface area contributed by atoms with E-state index in [0.717, 1.165) is 17.9 Å². The van der Waals surface area contributed by atoms with E-state index in [1.807, 2.05) is 20.8 Å². The maximum atomic E-state index is 13.6. The number of nitrogens with zero attached hydrogens (tertiary/aromatic N) is 2. The van der Waals surface area contributed by atoms with Gasteiger partial charge in [-0.25, -0.2) is 9.37 Å². The molecule has 112 valence electrons. The number of nitrogens with one attached hydrogen (secondary N) is 1. The highest BCUT2D eigenvalue weighted by Gasteiger charge is 2.12. The average molecular weight is 289 g/mol. The molecule has 0 spiro atoms. The molecule has 1 heterocycles. The number of anilines is 1. The van der Waals surface area contributed by atoms with Gasteiger partial charge in [0.05, 0.1) is 5.56 Å². The first-order valence-electron chi connectivity index (χ1n) is 7.13. The summed E-state index contributed by atoms with van der Waals surface area (Å²) in [6.07, 6.45) is 0.717. The number of aryl methyl sites for hydroxylation is 1. The van der Waals surface area contributed by atoms with Crippen LogP contribution in [0.15, 0.2) is 24.3 Å². The second kappa shape index (κ2) is 7.02. The molecular weight excluding hydrogens is 269 g/mol. The van der Waals surface area contributed by atoms with Crippen molar-refractivity contribution in [3.63, 3.8) is 0 Å². The van der Waals surface area contributed by atoms with E-state index in [2.05, 4.69) is 15.3 Å². The van der Waals surface area contributed by atoms with Crippen molar-refractivity contribution in [1.82, 2.24) is 9.97 Å². The molecule has 2 rings (SSSR count). The average Bonchev–Trinajstić information content (AvgIpc) is 2.49. The lowest BCUT2D eigenvalue weighted by molar-refractivity contribution is 0.284. The zero-order chi connectivity index (χ0) is 15.2. The van der Waals surface area contributed by atoms with Crippen LogP contribution < -0.4 is 10.1 Å². The highest BCUT2D eigenvalue weighted by molar-refractivity contribution is 5.48. The molecule has 0 aliphatic rings. The van der Waals surface area contributed by atoms with Crippen molar-refractivity contribution in [2.75, 3.05) is 11.9 Å². The van der Waals surface area contributed by atoms with Gasteiger partial charge >= 0.3 is 0 Å². The molecule has 0 aliphatic carbocycles. The van der Waals surface area contributed by atoms with Crippen LogP contribution in [0.2, 0.25) is 0 Å². The van der Waals surface area contributed by atoms with Crippen molar-refractivity contribution in [2.45, 2.75) is 33.8 Å². The predicted molar refractivity (Wildman–Crippen MR) is 81.0 cm³/mol. The quantitative estimate of drug-likeness (QED) is 0.884. The lowest BCUT2D eigenvalue weighted by atomic mass is 10.2. The maximum Gasteiger partial charge on any atom is 0.222 e. The molecule has 0 radical (unpaired) electrons. The number of ether oxygens (including phenoxy) is 1. The summed E-state index contributed by atoms with van der Waals surface area (Å²) in [5.41, 5.74) is 1.35. The van der Waals surface area contributed by atoms with Crippen molar-refractivity contribution in [3.05, 3.63) is 47.0 Å². The number of hydrogen-bond acceptors (Lipinski definition) is 4.